The summed E-state index contributed by atoms with van der Waals surface area (Å²) in [7, 11) is 1.39. The molecule has 0 unspecified atom stereocenters. The molecule has 1 fully saturated rings. The summed E-state index contributed by atoms with van der Waals surface area (Å²) >= 11 is 0. The Kier molecular flexibility index (Phi) is 4.95. The molecule has 1 aromatic rings. The summed E-state index contributed by atoms with van der Waals surface area (Å²) in [5.74, 6) is 0.116. The van der Waals surface area contributed by atoms with Gasteiger partial charge in [-0.3, -0.25) is 4.90 Å². The second kappa shape index (κ2) is 6.53. The molecular weight excluding hydrogens is 285 g/mol. The first-order valence-electron chi connectivity index (χ1n) is 6.80. The van der Waals surface area contributed by atoms with Crippen molar-refractivity contribution in [2.24, 2.45) is 0 Å². The van der Waals surface area contributed by atoms with Gasteiger partial charge in [0.15, 0.2) is 0 Å². The quantitative estimate of drug-likeness (QED) is 0.896. The average Bonchev–Trinajstić information content (AvgIpc) is 2.45. The lowest BCUT2D eigenvalue weighted by molar-refractivity contribution is -0.149. The Morgan fingerprint density at radius 1 is 1.33 bits per heavy atom. The molecule has 118 valence electrons. The van der Waals surface area contributed by atoms with Gasteiger partial charge in [-0.2, -0.15) is 13.2 Å². The number of halogens is 3. The SMILES string of the molecule is COc1cccc(O)c1[C@@H](CC(F)(F)F)N1CCNCC1. The second-order valence-electron chi connectivity index (χ2n) is 5.01. The number of alkyl halides is 3. The molecule has 0 radical (unpaired) electrons. The highest BCUT2D eigenvalue weighted by atomic mass is 19.4. The van der Waals surface area contributed by atoms with E-state index in [1.54, 1.807) is 17.0 Å². The van der Waals surface area contributed by atoms with Crippen LogP contribution in [-0.2, 0) is 0 Å². The molecule has 2 N–H and O–H groups in total. The van der Waals surface area contributed by atoms with Crippen LogP contribution in [0, 0.1) is 0 Å². The maximum atomic E-state index is 12.9. The van der Waals surface area contributed by atoms with E-state index in [2.05, 4.69) is 5.32 Å². The van der Waals surface area contributed by atoms with Crippen LogP contribution < -0.4 is 10.1 Å². The lowest BCUT2D eigenvalue weighted by Gasteiger charge is -2.36. The van der Waals surface area contributed by atoms with Crippen molar-refractivity contribution in [2.45, 2.75) is 18.6 Å². The van der Waals surface area contributed by atoms with Crippen LogP contribution in [0.3, 0.4) is 0 Å². The minimum atomic E-state index is -4.32. The number of piperazine rings is 1. The summed E-state index contributed by atoms with van der Waals surface area (Å²) in [5.41, 5.74) is 0.208. The van der Waals surface area contributed by atoms with E-state index in [1.807, 2.05) is 0 Å². The molecule has 1 aromatic carbocycles. The van der Waals surface area contributed by atoms with E-state index in [-0.39, 0.29) is 17.1 Å². The largest absolute Gasteiger partial charge is 0.507 e. The van der Waals surface area contributed by atoms with Crippen LogP contribution in [0.2, 0.25) is 0 Å². The third kappa shape index (κ3) is 4.01. The van der Waals surface area contributed by atoms with Gasteiger partial charge in [-0.05, 0) is 12.1 Å². The first-order chi connectivity index (χ1) is 9.92. The summed E-state index contributed by atoms with van der Waals surface area (Å²) in [6, 6.07) is 3.58. The number of benzene rings is 1. The molecule has 1 aliphatic heterocycles. The summed E-state index contributed by atoms with van der Waals surface area (Å²) < 4.78 is 44.0. The Bertz CT molecular complexity index is 474. The van der Waals surface area contributed by atoms with Crippen molar-refractivity contribution in [3.63, 3.8) is 0 Å². The first-order valence-corrected chi connectivity index (χ1v) is 6.80. The van der Waals surface area contributed by atoms with Gasteiger partial charge in [0.1, 0.15) is 11.5 Å². The predicted molar refractivity (Wildman–Crippen MR) is 72.5 cm³/mol. The zero-order valence-electron chi connectivity index (χ0n) is 11.8. The molecule has 1 saturated heterocycles. The Morgan fingerprint density at radius 2 is 2.00 bits per heavy atom. The van der Waals surface area contributed by atoms with E-state index in [0.717, 1.165) is 0 Å². The molecule has 2 rings (SSSR count). The highest BCUT2D eigenvalue weighted by molar-refractivity contribution is 5.46. The van der Waals surface area contributed by atoms with Crippen LogP contribution in [-0.4, -0.2) is 49.5 Å². The third-order valence-corrected chi connectivity index (χ3v) is 3.61. The minimum absolute atomic E-state index is 0.165. The van der Waals surface area contributed by atoms with Gasteiger partial charge in [-0.25, -0.2) is 0 Å². The molecule has 21 heavy (non-hydrogen) atoms. The van der Waals surface area contributed by atoms with Crippen LogP contribution in [0.5, 0.6) is 11.5 Å². The lowest BCUT2D eigenvalue weighted by atomic mass is 9.98. The molecule has 1 heterocycles. The normalized spacial score (nSPS) is 18.5. The standard InChI is InChI=1S/C14H19F3N2O2/c1-21-12-4-2-3-11(20)13(12)10(9-14(15,16)17)19-7-5-18-6-8-19/h2-4,10,18,20H,5-9H2,1H3/t10-/m1/s1. The number of ether oxygens (including phenoxy) is 1. The van der Waals surface area contributed by atoms with E-state index < -0.39 is 18.6 Å². The molecule has 1 atom stereocenters. The number of aromatic hydroxyl groups is 1. The molecule has 0 aromatic heterocycles. The number of hydrogen-bond donors (Lipinski definition) is 2. The van der Waals surface area contributed by atoms with E-state index in [0.29, 0.717) is 26.2 Å². The fourth-order valence-corrected chi connectivity index (χ4v) is 2.67. The molecular formula is C14H19F3N2O2. The topological polar surface area (TPSA) is 44.7 Å². The van der Waals surface area contributed by atoms with Gasteiger partial charge in [0.25, 0.3) is 0 Å². The van der Waals surface area contributed by atoms with Gasteiger partial charge >= 0.3 is 6.18 Å². The molecule has 0 saturated carbocycles. The van der Waals surface area contributed by atoms with Crippen molar-refractivity contribution in [1.82, 2.24) is 10.2 Å². The molecule has 7 heteroatoms. The number of nitrogens with zero attached hydrogens (tertiary/aromatic N) is 1. The maximum Gasteiger partial charge on any atom is 0.390 e. The molecule has 4 nitrogen and oxygen atoms in total. The van der Waals surface area contributed by atoms with E-state index >= 15 is 0 Å². The average molecular weight is 304 g/mol. The highest BCUT2D eigenvalue weighted by Crippen LogP contribution is 2.42. The van der Waals surface area contributed by atoms with Gasteiger partial charge in [-0.1, -0.05) is 6.07 Å². The first kappa shape index (κ1) is 15.9. The Balaban J connectivity index is 2.38. The smallest absolute Gasteiger partial charge is 0.390 e. The summed E-state index contributed by atoms with van der Waals surface area (Å²) in [6.07, 6.45) is -5.33. The van der Waals surface area contributed by atoms with Crippen molar-refractivity contribution < 1.29 is 23.0 Å². The number of phenols is 1. The molecule has 0 aliphatic carbocycles. The van der Waals surface area contributed by atoms with Crippen molar-refractivity contribution in [2.75, 3.05) is 33.3 Å². The van der Waals surface area contributed by atoms with E-state index in [4.69, 9.17) is 4.74 Å². The fraction of sp³-hybridized carbons (Fsp3) is 0.571. The molecule has 0 bridgehead atoms. The van der Waals surface area contributed by atoms with Crippen LogP contribution in [0.15, 0.2) is 18.2 Å². The van der Waals surface area contributed by atoms with E-state index in [9.17, 15) is 18.3 Å². The monoisotopic (exact) mass is 304 g/mol. The van der Waals surface area contributed by atoms with Crippen molar-refractivity contribution >= 4 is 0 Å². The summed E-state index contributed by atoms with van der Waals surface area (Å²) in [4.78, 5) is 1.74. The summed E-state index contributed by atoms with van der Waals surface area (Å²) in [5, 5.41) is 13.1. The number of phenolic OH excluding ortho intramolecular Hbond substituents is 1. The van der Waals surface area contributed by atoms with Gasteiger partial charge in [0.05, 0.1) is 25.1 Å². The summed E-state index contributed by atoms with van der Waals surface area (Å²) in [6.45, 7) is 2.25. The number of rotatable bonds is 4. The Morgan fingerprint density at radius 3 is 2.57 bits per heavy atom. The van der Waals surface area contributed by atoms with Gasteiger partial charge in [-0.15, -0.1) is 0 Å². The van der Waals surface area contributed by atoms with Crippen LogP contribution in [0.25, 0.3) is 0 Å². The Labute approximate surface area is 121 Å². The molecule has 0 amide bonds. The van der Waals surface area contributed by atoms with Crippen molar-refractivity contribution in [3.05, 3.63) is 23.8 Å². The lowest BCUT2D eigenvalue weighted by Crippen LogP contribution is -2.46. The molecule has 1 aliphatic rings. The number of hydrogen-bond acceptors (Lipinski definition) is 4. The number of methoxy groups -OCH3 is 1. The van der Waals surface area contributed by atoms with Gasteiger partial charge in [0.2, 0.25) is 0 Å². The second-order valence-corrected chi connectivity index (χ2v) is 5.01. The third-order valence-electron chi connectivity index (χ3n) is 3.61. The minimum Gasteiger partial charge on any atom is -0.507 e. The predicted octanol–water partition coefficient (Wildman–Crippen LogP) is 2.30. The maximum absolute atomic E-state index is 12.9. The van der Waals surface area contributed by atoms with Crippen LogP contribution >= 0.6 is 0 Å². The van der Waals surface area contributed by atoms with Crippen molar-refractivity contribution in [3.8, 4) is 11.5 Å². The van der Waals surface area contributed by atoms with E-state index in [1.165, 1.54) is 13.2 Å². The Hall–Kier alpha value is -1.47. The zero-order chi connectivity index (χ0) is 15.5. The number of nitrogens with one attached hydrogen (secondary N) is 1. The fourth-order valence-electron chi connectivity index (χ4n) is 2.67. The van der Waals surface area contributed by atoms with Gasteiger partial charge < -0.3 is 15.2 Å². The highest BCUT2D eigenvalue weighted by Gasteiger charge is 2.38. The van der Waals surface area contributed by atoms with Gasteiger partial charge in [0, 0.05) is 26.2 Å². The van der Waals surface area contributed by atoms with Crippen molar-refractivity contribution in [1.29, 1.82) is 0 Å². The zero-order valence-corrected chi connectivity index (χ0v) is 11.8. The van der Waals surface area contributed by atoms with Crippen LogP contribution in [0.1, 0.15) is 18.0 Å². The van der Waals surface area contributed by atoms with Crippen LogP contribution in [0.4, 0.5) is 13.2 Å². The molecule has 0 spiro atoms.